The van der Waals surface area contributed by atoms with Gasteiger partial charge in [0, 0.05) is 10.7 Å². The van der Waals surface area contributed by atoms with Crippen molar-refractivity contribution in [1.29, 1.82) is 0 Å². The van der Waals surface area contributed by atoms with Crippen LogP contribution in [-0.2, 0) is 19.4 Å². The van der Waals surface area contributed by atoms with Crippen molar-refractivity contribution < 1.29 is 17.9 Å². The minimum Gasteiger partial charge on any atom is -0.465 e. The number of ether oxygens (including phenoxy) is 1. The largest absolute Gasteiger partial charge is 0.465 e. The molecular weight excluding hydrogens is 372 g/mol. The van der Waals surface area contributed by atoms with Crippen molar-refractivity contribution in [2.45, 2.75) is 19.0 Å². The van der Waals surface area contributed by atoms with E-state index in [-0.39, 0.29) is 35.3 Å². The number of aliphatic imine (C=N–C) groups is 1. The number of esters is 1. The standard InChI is InChI=1S/C15H17ClN2O4S2/c1-2-22-14(19)7-23-15-17-12-8-24(20,21)9-13(12)18(15)11-5-3-4-10(16)6-11/h3-6,12-13H,2,7-9H2,1H3/t12-,13-/m1/s1. The Morgan fingerprint density at radius 3 is 2.96 bits per heavy atom. The van der Waals surface area contributed by atoms with Crippen molar-refractivity contribution in [1.82, 2.24) is 0 Å². The summed E-state index contributed by atoms with van der Waals surface area (Å²) < 4.78 is 28.8. The van der Waals surface area contributed by atoms with Crippen LogP contribution in [0.15, 0.2) is 29.3 Å². The van der Waals surface area contributed by atoms with Crippen LogP contribution in [0.25, 0.3) is 0 Å². The molecule has 6 nitrogen and oxygen atoms in total. The topological polar surface area (TPSA) is 76.0 Å². The lowest BCUT2D eigenvalue weighted by atomic mass is 10.1. The van der Waals surface area contributed by atoms with Gasteiger partial charge in [-0.15, -0.1) is 0 Å². The smallest absolute Gasteiger partial charge is 0.316 e. The first-order valence-electron chi connectivity index (χ1n) is 7.51. The maximum atomic E-state index is 11.9. The van der Waals surface area contributed by atoms with Crippen LogP contribution in [0.1, 0.15) is 6.92 Å². The first-order chi connectivity index (χ1) is 11.4. The molecule has 1 saturated heterocycles. The second-order valence-electron chi connectivity index (χ2n) is 5.57. The van der Waals surface area contributed by atoms with E-state index in [0.717, 1.165) is 5.69 Å². The highest BCUT2D eigenvalue weighted by Gasteiger charge is 2.47. The first kappa shape index (κ1) is 17.6. The number of hydrogen-bond donors (Lipinski definition) is 0. The van der Waals surface area contributed by atoms with Gasteiger partial charge in [-0.05, 0) is 25.1 Å². The maximum absolute atomic E-state index is 11.9. The van der Waals surface area contributed by atoms with Crippen molar-refractivity contribution in [2.24, 2.45) is 4.99 Å². The average Bonchev–Trinajstić information content (AvgIpc) is 2.96. The van der Waals surface area contributed by atoms with Gasteiger partial charge in [0.15, 0.2) is 15.0 Å². The minimum absolute atomic E-state index is 0.0399. The van der Waals surface area contributed by atoms with Crippen LogP contribution in [0.5, 0.6) is 0 Å². The second-order valence-corrected chi connectivity index (χ2v) is 9.10. The Hall–Kier alpha value is -1.25. The van der Waals surface area contributed by atoms with E-state index >= 15 is 0 Å². The highest BCUT2D eigenvalue weighted by Crippen LogP contribution is 2.35. The molecule has 0 spiro atoms. The Morgan fingerprint density at radius 2 is 2.25 bits per heavy atom. The summed E-state index contributed by atoms with van der Waals surface area (Å²) in [7, 11) is -3.10. The number of fused-ring (bicyclic) bond motifs is 1. The minimum atomic E-state index is -3.10. The molecule has 0 radical (unpaired) electrons. The summed E-state index contributed by atoms with van der Waals surface area (Å²) in [6.07, 6.45) is 0. The molecule has 130 valence electrons. The van der Waals surface area contributed by atoms with E-state index in [0.29, 0.717) is 16.8 Å². The van der Waals surface area contributed by atoms with E-state index < -0.39 is 9.84 Å². The average molecular weight is 389 g/mol. The lowest BCUT2D eigenvalue weighted by Gasteiger charge is -2.26. The monoisotopic (exact) mass is 388 g/mol. The molecule has 2 atom stereocenters. The number of halogens is 1. The number of hydrogen-bond acceptors (Lipinski definition) is 7. The molecule has 9 heteroatoms. The Kier molecular flexibility index (Phi) is 5.08. The lowest BCUT2D eigenvalue weighted by Crippen LogP contribution is -2.39. The van der Waals surface area contributed by atoms with Crippen LogP contribution in [0, 0.1) is 0 Å². The Bertz CT molecular complexity index is 781. The van der Waals surface area contributed by atoms with E-state index in [1.165, 1.54) is 11.8 Å². The Labute approximate surface area is 150 Å². The summed E-state index contributed by atoms with van der Waals surface area (Å²) in [6.45, 7) is 2.08. The highest BCUT2D eigenvalue weighted by molar-refractivity contribution is 8.14. The molecule has 0 saturated carbocycles. The third kappa shape index (κ3) is 3.70. The molecule has 0 N–H and O–H groups in total. The molecule has 2 aliphatic heterocycles. The summed E-state index contributed by atoms with van der Waals surface area (Å²) in [6, 6.07) is 6.64. The van der Waals surface area contributed by atoms with Gasteiger partial charge in [0.1, 0.15) is 0 Å². The predicted molar refractivity (Wildman–Crippen MR) is 96.7 cm³/mol. The summed E-state index contributed by atoms with van der Waals surface area (Å²) in [5.41, 5.74) is 0.780. The summed E-state index contributed by atoms with van der Waals surface area (Å²) in [5.74, 6) is -0.0911. The number of anilines is 1. The fraction of sp³-hybridized carbons (Fsp3) is 0.467. The number of thioether (sulfide) groups is 1. The van der Waals surface area contributed by atoms with Crippen molar-refractivity contribution in [3.05, 3.63) is 29.3 Å². The van der Waals surface area contributed by atoms with Crippen molar-refractivity contribution >= 4 is 50.0 Å². The fourth-order valence-corrected chi connectivity index (χ4v) is 5.84. The van der Waals surface area contributed by atoms with E-state index in [1.54, 1.807) is 19.1 Å². The van der Waals surface area contributed by atoms with Gasteiger partial charge in [0.25, 0.3) is 0 Å². The van der Waals surface area contributed by atoms with Crippen LogP contribution in [0.2, 0.25) is 5.02 Å². The summed E-state index contributed by atoms with van der Waals surface area (Å²) >= 11 is 7.33. The van der Waals surface area contributed by atoms with Crippen LogP contribution >= 0.6 is 23.4 Å². The zero-order valence-corrected chi connectivity index (χ0v) is 15.4. The lowest BCUT2D eigenvalue weighted by molar-refractivity contribution is -0.139. The zero-order valence-electron chi connectivity index (χ0n) is 13.0. The molecular formula is C15H17ClN2O4S2. The van der Waals surface area contributed by atoms with Gasteiger partial charge >= 0.3 is 5.97 Å². The van der Waals surface area contributed by atoms with Gasteiger partial charge < -0.3 is 9.64 Å². The number of rotatable bonds is 4. The molecule has 3 rings (SSSR count). The van der Waals surface area contributed by atoms with Gasteiger partial charge in [-0.2, -0.15) is 0 Å². The highest BCUT2D eigenvalue weighted by atomic mass is 35.5. The van der Waals surface area contributed by atoms with E-state index in [1.807, 2.05) is 17.0 Å². The quantitative estimate of drug-likeness (QED) is 0.734. The van der Waals surface area contributed by atoms with Gasteiger partial charge in [-0.3, -0.25) is 9.79 Å². The fourth-order valence-electron chi connectivity index (χ4n) is 2.89. The van der Waals surface area contributed by atoms with Crippen molar-refractivity contribution in [2.75, 3.05) is 28.8 Å². The van der Waals surface area contributed by atoms with Crippen molar-refractivity contribution in [3.63, 3.8) is 0 Å². The molecule has 1 aromatic carbocycles. The van der Waals surface area contributed by atoms with Crippen LogP contribution in [-0.4, -0.2) is 55.5 Å². The number of sulfone groups is 1. The molecule has 0 bridgehead atoms. The molecule has 1 aromatic rings. The number of amidine groups is 1. The number of benzene rings is 1. The third-order valence-corrected chi connectivity index (χ3v) is 6.69. The third-order valence-electron chi connectivity index (χ3n) is 3.82. The van der Waals surface area contributed by atoms with E-state index in [9.17, 15) is 13.2 Å². The summed E-state index contributed by atoms with van der Waals surface area (Å²) in [5, 5.41) is 1.20. The van der Waals surface area contributed by atoms with E-state index in [4.69, 9.17) is 16.3 Å². The molecule has 0 unspecified atom stereocenters. The Balaban J connectivity index is 1.86. The number of carbonyl (C=O) groups is 1. The van der Waals surface area contributed by atoms with Crippen LogP contribution < -0.4 is 4.90 Å². The molecule has 0 amide bonds. The second kappa shape index (κ2) is 6.93. The van der Waals surface area contributed by atoms with Gasteiger partial charge in [-0.25, -0.2) is 8.42 Å². The van der Waals surface area contributed by atoms with Crippen LogP contribution in [0.4, 0.5) is 5.69 Å². The first-order valence-corrected chi connectivity index (χ1v) is 10.7. The maximum Gasteiger partial charge on any atom is 0.316 e. The number of carbonyl (C=O) groups excluding carboxylic acids is 1. The summed E-state index contributed by atoms with van der Waals surface area (Å²) in [4.78, 5) is 18.0. The van der Waals surface area contributed by atoms with Crippen LogP contribution in [0.3, 0.4) is 0 Å². The number of nitrogens with zero attached hydrogens (tertiary/aromatic N) is 2. The zero-order chi connectivity index (χ0) is 17.3. The normalized spacial score (nSPS) is 24.6. The van der Waals surface area contributed by atoms with Gasteiger partial charge in [0.05, 0.1) is 35.9 Å². The molecule has 24 heavy (non-hydrogen) atoms. The predicted octanol–water partition coefficient (Wildman–Crippen LogP) is 1.98. The molecule has 1 fully saturated rings. The molecule has 0 aromatic heterocycles. The molecule has 2 heterocycles. The van der Waals surface area contributed by atoms with Gasteiger partial charge in [-0.1, -0.05) is 29.4 Å². The van der Waals surface area contributed by atoms with Gasteiger partial charge in [0.2, 0.25) is 0 Å². The van der Waals surface area contributed by atoms with Crippen molar-refractivity contribution in [3.8, 4) is 0 Å². The molecule has 2 aliphatic rings. The Morgan fingerprint density at radius 1 is 1.46 bits per heavy atom. The molecule has 0 aliphatic carbocycles. The SMILES string of the molecule is CCOC(=O)CSC1=N[C@@H]2CS(=O)(=O)C[C@H]2N1c1cccc(Cl)c1. The van der Waals surface area contributed by atoms with E-state index in [2.05, 4.69) is 4.99 Å².